The summed E-state index contributed by atoms with van der Waals surface area (Å²) in [5.74, 6) is -1.81. The van der Waals surface area contributed by atoms with Crippen LogP contribution in [0.25, 0.3) is 0 Å². The lowest BCUT2D eigenvalue weighted by atomic mass is 9.77. The third-order valence-corrected chi connectivity index (χ3v) is 3.74. The van der Waals surface area contributed by atoms with E-state index in [1.807, 2.05) is 27.7 Å². The van der Waals surface area contributed by atoms with Gasteiger partial charge in [-0.25, -0.2) is 0 Å². The number of Topliss-reactive ketones (excluding diaryl/α,β-unsaturated/α-hetero) is 1. The molecule has 0 radical (unpaired) electrons. The van der Waals surface area contributed by atoms with Gasteiger partial charge in [0, 0.05) is 24.8 Å². The number of rotatable bonds is 6. The van der Waals surface area contributed by atoms with Crippen LogP contribution in [0.1, 0.15) is 41.0 Å². The number of hydrogen-bond donors (Lipinski definition) is 1. The van der Waals surface area contributed by atoms with Gasteiger partial charge < -0.3 is 14.6 Å². The lowest BCUT2D eigenvalue weighted by molar-refractivity contribution is -0.167. The van der Waals surface area contributed by atoms with Crippen molar-refractivity contribution >= 4 is 17.7 Å². The first kappa shape index (κ1) is 19.4. The number of aliphatic hydroxyl groups is 1. The van der Waals surface area contributed by atoms with Crippen molar-refractivity contribution in [3.8, 4) is 0 Å². The Hall–Kier alpha value is -1.69. The highest BCUT2D eigenvalue weighted by atomic mass is 16.6. The van der Waals surface area contributed by atoms with Crippen LogP contribution in [0.4, 0.5) is 0 Å². The lowest BCUT2D eigenvalue weighted by Crippen LogP contribution is -2.48. The molecule has 0 aliphatic heterocycles. The van der Waals surface area contributed by atoms with Crippen LogP contribution in [0.3, 0.4) is 0 Å². The maximum absolute atomic E-state index is 12.5. The van der Waals surface area contributed by atoms with Crippen molar-refractivity contribution in [3.05, 3.63) is 11.6 Å². The van der Waals surface area contributed by atoms with E-state index in [0.717, 1.165) is 0 Å². The molecule has 130 valence electrons. The first-order chi connectivity index (χ1) is 10.7. The number of aliphatic hydroxyl groups excluding tert-OH is 1. The monoisotopic (exact) mass is 326 g/mol. The van der Waals surface area contributed by atoms with Crippen LogP contribution in [0.5, 0.6) is 0 Å². The quantitative estimate of drug-likeness (QED) is 0.747. The fraction of sp³-hybridized carbons (Fsp3) is 0.706. The molecule has 0 spiro atoms. The normalized spacial score (nSPS) is 24.6. The third-order valence-electron chi connectivity index (χ3n) is 3.74. The summed E-state index contributed by atoms with van der Waals surface area (Å²) in [6, 6.07) is 0. The van der Waals surface area contributed by atoms with Gasteiger partial charge in [-0.1, -0.05) is 27.7 Å². The number of carbonyl (C=O) groups excluding carboxylic acids is 3. The summed E-state index contributed by atoms with van der Waals surface area (Å²) < 4.78 is 10.7. The Kier molecular flexibility index (Phi) is 6.94. The summed E-state index contributed by atoms with van der Waals surface area (Å²) >= 11 is 0. The van der Waals surface area contributed by atoms with Crippen LogP contribution in [-0.4, -0.2) is 41.6 Å². The van der Waals surface area contributed by atoms with Gasteiger partial charge in [-0.05, 0) is 17.9 Å². The molecule has 6 nitrogen and oxygen atoms in total. The zero-order valence-corrected chi connectivity index (χ0v) is 14.4. The Balaban J connectivity index is 3.12. The van der Waals surface area contributed by atoms with Crippen molar-refractivity contribution < 1.29 is 29.0 Å². The predicted molar refractivity (Wildman–Crippen MR) is 83.4 cm³/mol. The second-order valence-corrected chi connectivity index (χ2v) is 6.62. The van der Waals surface area contributed by atoms with Gasteiger partial charge in [0.05, 0.1) is 6.61 Å². The molecule has 1 aliphatic carbocycles. The van der Waals surface area contributed by atoms with Crippen LogP contribution >= 0.6 is 0 Å². The largest absolute Gasteiger partial charge is 0.458 e. The van der Waals surface area contributed by atoms with E-state index in [1.165, 1.54) is 13.0 Å². The van der Waals surface area contributed by atoms with Crippen LogP contribution in [0, 0.1) is 17.8 Å². The van der Waals surface area contributed by atoms with E-state index in [4.69, 9.17) is 9.47 Å². The van der Waals surface area contributed by atoms with Gasteiger partial charge in [0.25, 0.3) is 0 Å². The molecule has 1 rings (SSSR count). The van der Waals surface area contributed by atoms with Gasteiger partial charge in [-0.2, -0.15) is 0 Å². The Bertz CT molecular complexity index is 491. The second-order valence-electron chi connectivity index (χ2n) is 6.62. The average molecular weight is 326 g/mol. The van der Waals surface area contributed by atoms with E-state index in [0.29, 0.717) is 0 Å². The smallest absolute Gasteiger partial charge is 0.306 e. The van der Waals surface area contributed by atoms with Crippen molar-refractivity contribution in [3.63, 3.8) is 0 Å². The highest BCUT2D eigenvalue weighted by Crippen LogP contribution is 2.32. The number of carbonyl (C=O) groups is 3. The summed E-state index contributed by atoms with van der Waals surface area (Å²) in [5.41, 5.74) is 0.107. The number of hydrogen-bond acceptors (Lipinski definition) is 6. The molecule has 0 unspecified atom stereocenters. The van der Waals surface area contributed by atoms with Crippen molar-refractivity contribution in [1.29, 1.82) is 0 Å². The number of ketones is 1. The van der Waals surface area contributed by atoms with Crippen LogP contribution in [0.15, 0.2) is 11.6 Å². The minimum Gasteiger partial charge on any atom is -0.458 e. The van der Waals surface area contributed by atoms with Gasteiger partial charge >= 0.3 is 11.9 Å². The van der Waals surface area contributed by atoms with E-state index < -0.39 is 42.5 Å². The maximum Gasteiger partial charge on any atom is 0.306 e. The van der Waals surface area contributed by atoms with Crippen molar-refractivity contribution in [2.24, 2.45) is 17.8 Å². The molecule has 0 aromatic carbocycles. The second kappa shape index (κ2) is 8.24. The Morgan fingerprint density at radius 3 is 2.26 bits per heavy atom. The Labute approximate surface area is 136 Å². The summed E-state index contributed by atoms with van der Waals surface area (Å²) in [7, 11) is 0. The summed E-state index contributed by atoms with van der Waals surface area (Å²) in [6.45, 7) is 8.29. The molecule has 0 saturated carbocycles. The highest BCUT2D eigenvalue weighted by Gasteiger charge is 2.44. The molecule has 0 bridgehead atoms. The van der Waals surface area contributed by atoms with Gasteiger partial charge in [-0.15, -0.1) is 0 Å². The van der Waals surface area contributed by atoms with E-state index >= 15 is 0 Å². The molecule has 0 amide bonds. The van der Waals surface area contributed by atoms with E-state index in [1.54, 1.807) is 0 Å². The fourth-order valence-electron chi connectivity index (χ4n) is 2.74. The van der Waals surface area contributed by atoms with Crippen LogP contribution in [0.2, 0.25) is 0 Å². The van der Waals surface area contributed by atoms with Crippen LogP contribution in [-0.2, 0) is 23.9 Å². The van der Waals surface area contributed by atoms with Gasteiger partial charge in [0.15, 0.2) is 6.10 Å². The molecular weight excluding hydrogens is 300 g/mol. The Morgan fingerprint density at radius 1 is 1.22 bits per heavy atom. The molecule has 0 fully saturated rings. The average Bonchev–Trinajstić information content (AvgIpc) is 2.40. The van der Waals surface area contributed by atoms with E-state index in [2.05, 4.69) is 0 Å². The van der Waals surface area contributed by atoms with Gasteiger partial charge in [0.2, 0.25) is 5.78 Å². The molecule has 0 aromatic rings. The van der Waals surface area contributed by atoms with Gasteiger partial charge in [-0.3, -0.25) is 14.4 Å². The standard InChI is InChI=1S/C17H26O6/c1-9(2)6-14(20)23-17-15(10(3)4)13(22-11(5)19)7-12(8-18)16(17)21/h7,9-10,13,15,17-18H,6,8H2,1-5H3/t13-,15-,17-/m0/s1. The molecule has 6 heteroatoms. The van der Waals surface area contributed by atoms with Crippen molar-refractivity contribution in [2.45, 2.75) is 53.2 Å². The SMILES string of the molecule is CC(=O)O[C@H]1C=C(CO)C(=O)[C@@H](OC(=O)CC(C)C)[C@H]1C(C)C. The molecule has 3 atom stereocenters. The van der Waals surface area contributed by atoms with Gasteiger partial charge in [0.1, 0.15) is 6.10 Å². The summed E-state index contributed by atoms with van der Waals surface area (Å²) in [4.78, 5) is 35.8. The molecule has 0 saturated heterocycles. The van der Waals surface area contributed by atoms with E-state index in [9.17, 15) is 19.5 Å². The Morgan fingerprint density at radius 2 is 1.83 bits per heavy atom. The first-order valence-electron chi connectivity index (χ1n) is 7.89. The van der Waals surface area contributed by atoms with E-state index in [-0.39, 0.29) is 23.8 Å². The van der Waals surface area contributed by atoms with Crippen LogP contribution < -0.4 is 0 Å². The zero-order valence-electron chi connectivity index (χ0n) is 14.4. The molecule has 1 N–H and O–H groups in total. The predicted octanol–water partition coefficient (Wildman–Crippen LogP) is 1.65. The van der Waals surface area contributed by atoms with Crippen molar-refractivity contribution in [2.75, 3.05) is 6.61 Å². The number of ether oxygens (including phenoxy) is 2. The van der Waals surface area contributed by atoms with Crippen molar-refractivity contribution in [1.82, 2.24) is 0 Å². The minimum absolute atomic E-state index is 0.0587. The topological polar surface area (TPSA) is 89.9 Å². The molecule has 0 aromatic heterocycles. The minimum atomic E-state index is -1.04. The third kappa shape index (κ3) is 5.16. The summed E-state index contributed by atoms with van der Waals surface area (Å²) in [6.07, 6.45) is -0.0893. The molecule has 0 heterocycles. The molecular formula is C17H26O6. The zero-order chi connectivity index (χ0) is 17.7. The first-order valence-corrected chi connectivity index (χ1v) is 7.89. The lowest BCUT2D eigenvalue weighted by Gasteiger charge is -2.37. The summed E-state index contributed by atoms with van der Waals surface area (Å²) in [5, 5.41) is 9.37. The fourth-order valence-corrected chi connectivity index (χ4v) is 2.74. The highest BCUT2D eigenvalue weighted by molar-refractivity contribution is 6.01. The molecule has 23 heavy (non-hydrogen) atoms. The molecule has 1 aliphatic rings. The number of esters is 2. The maximum atomic E-state index is 12.5.